The fourth-order valence-corrected chi connectivity index (χ4v) is 2.94. The van der Waals surface area contributed by atoms with Gasteiger partial charge in [-0.2, -0.15) is 0 Å². The molecule has 1 heterocycles. The van der Waals surface area contributed by atoms with Gasteiger partial charge in [-0.05, 0) is 36.6 Å². The van der Waals surface area contributed by atoms with Gasteiger partial charge in [-0.15, -0.1) is 0 Å². The van der Waals surface area contributed by atoms with Gasteiger partial charge in [0.05, 0.1) is 5.52 Å². The fraction of sp³-hybridized carbons (Fsp3) is 0.250. The molecule has 2 N–H and O–H groups in total. The first kappa shape index (κ1) is 16.9. The van der Waals surface area contributed by atoms with Crippen molar-refractivity contribution < 1.29 is 19.7 Å². The van der Waals surface area contributed by atoms with Crippen molar-refractivity contribution in [2.75, 3.05) is 0 Å². The van der Waals surface area contributed by atoms with Gasteiger partial charge >= 0.3 is 6.09 Å². The molecule has 130 valence electrons. The zero-order valence-corrected chi connectivity index (χ0v) is 14.1. The summed E-state index contributed by atoms with van der Waals surface area (Å²) in [6.45, 7) is 2.36. The van der Waals surface area contributed by atoms with Crippen LogP contribution in [0.5, 0.6) is 11.5 Å². The molecule has 5 heteroatoms. The maximum atomic E-state index is 11.4. The number of nitrogens with zero attached hydrogens (tertiary/aromatic N) is 1. The van der Waals surface area contributed by atoms with Crippen LogP contribution >= 0.6 is 0 Å². The van der Waals surface area contributed by atoms with Crippen molar-refractivity contribution in [2.24, 2.45) is 0 Å². The average Bonchev–Trinajstić information content (AvgIpc) is 2.97. The number of carbonyl (C=O) groups is 1. The number of phenolic OH excluding ortho intramolecular Hbond substituents is 1. The molecular weight excluding hydrogens is 318 g/mol. The van der Waals surface area contributed by atoms with Gasteiger partial charge in [0.2, 0.25) is 0 Å². The summed E-state index contributed by atoms with van der Waals surface area (Å²) >= 11 is 0. The molecule has 0 saturated heterocycles. The van der Waals surface area contributed by atoms with Crippen molar-refractivity contribution >= 4 is 17.0 Å². The lowest BCUT2D eigenvalue weighted by Gasteiger charge is -2.09. The number of hydrogen-bond acceptors (Lipinski definition) is 3. The largest absolute Gasteiger partial charge is 0.508 e. The molecule has 0 fully saturated rings. The number of benzene rings is 2. The number of rotatable bonds is 6. The van der Waals surface area contributed by atoms with Gasteiger partial charge < -0.3 is 14.9 Å². The number of aromatic nitrogens is 1. The molecule has 0 spiro atoms. The highest BCUT2D eigenvalue weighted by Gasteiger charge is 2.13. The molecule has 3 rings (SSSR count). The van der Waals surface area contributed by atoms with E-state index in [9.17, 15) is 15.0 Å². The second-order valence-electron chi connectivity index (χ2n) is 6.05. The molecule has 0 aliphatic rings. The minimum absolute atomic E-state index is 0.177. The maximum Gasteiger partial charge on any atom is 0.416 e. The smallest absolute Gasteiger partial charge is 0.416 e. The fourth-order valence-electron chi connectivity index (χ4n) is 2.94. The van der Waals surface area contributed by atoms with Crippen LogP contribution in [0.4, 0.5) is 4.79 Å². The van der Waals surface area contributed by atoms with Gasteiger partial charge in [0.15, 0.2) is 0 Å². The van der Waals surface area contributed by atoms with E-state index < -0.39 is 6.09 Å². The summed E-state index contributed by atoms with van der Waals surface area (Å²) in [6.07, 6.45) is 3.57. The Labute approximate surface area is 146 Å². The summed E-state index contributed by atoms with van der Waals surface area (Å²) in [5, 5.41) is 20.0. The van der Waals surface area contributed by atoms with Crippen LogP contribution in [0.2, 0.25) is 0 Å². The van der Waals surface area contributed by atoms with Gasteiger partial charge in [0.25, 0.3) is 0 Å². The molecule has 1 aromatic heterocycles. The molecule has 0 aliphatic carbocycles. The van der Waals surface area contributed by atoms with Crippen molar-refractivity contribution in [3.63, 3.8) is 0 Å². The lowest BCUT2D eigenvalue weighted by molar-refractivity contribution is 0.197. The van der Waals surface area contributed by atoms with E-state index in [1.54, 1.807) is 24.4 Å². The number of aromatic hydroxyl groups is 1. The number of ether oxygens (including phenoxy) is 1. The number of para-hydroxylation sites is 1. The minimum Gasteiger partial charge on any atom is -0.508 e. The van der Waals surface area contributed by atoms with E-state index in [2.05, 4.69) is 6.92 Å². The van der Waals surface area contributed by atoms with Crippen LogP contribution in [0.1, 0.15) is 30.9 Å². The molecule has 0 saturated carbocycles. The molecule has 25 heavy (non-hydrogen) atoms. The number of fused-ring (bicyclic) bond motifs is 1. The molecule has 0 aliphatic heterocycles. The van der Waals surface area contributed by atoms with Crippen molar-refractivity contribution in [1.82, 2.24) is 4.57 Å². The second kappa shape index (κ2) is 7.30. The SMILES string of the molecule is CCCCc1cc(O)cc(OCc2cn(C(=O)O)c3ccccc23)c1. The summed E-state index contributed by atoms with van der Waals surface area (Å²) in [7, 11) is 0. The summed E-state index contributed by atoms with van der Waals surface area (Å²) in [5.41, 5.74) is 2.45. The average molecular weight is 339 g/mol. The highest BCUT2D eigenvalue weighted by atomic mass is 16.5. The van der Waals surface area contributed by atoms with Crippen LogP contribution in [-0.2, 0) is 13.0 Å². The van der Waals surface area contributed by atoms with Crippen LogP contribution in [0.3, 0.4) is 0 Å². The topological polar surface area (TPSA) is 71.7 Å². The number of phenols is 1. The normalized spacial score (nSPS) is 10.9. The summed E-state index contributed by atoms with van der Waals surface area (Å²) in [4.78, 5) is 11.4. The van der Waals surface area contributed by atoms with E-state index in [0.29, 0.717) is 11.3 Å². The summed E-state index contributed by atoms with van der Waals surface area (Å²) < 4.78 is 7.03. The van der Waals surface area contributed by atoms with Crippen LogP contribution in [0.25, 0.3) is 10.9 Å². The van der Waals surface area contributed by atoms with Crippen LogP contribution < -0.4 is 4.74 Å². The molecule has 3 aromatic rings. The van der Waals surface area contributed by atoms with Gasteiger partial charge in [-0.25, -0.2) is 4.79 Å². The quantitative estimate of drug-likeness (QED) is 0.677. The van der Waals surface area contributed by atoms with Crippen molar-refractivity contribution in [3.8, 4) is 11.5 Å². The zero-order valence-electron chi connectivity index (χ0n) is 14.1. The Morgan fingerprint density at radius 3 is 2.76 bits per heavy atom. The van der Waals surface area contributed by atoms with Crippen molar-refractivity contribution in [2.45, 2.75) is 32.8 Å². The molecule has 5 nitrogen and oxygen atoms in total. The third-order valence-corrected chi connectivity index (χ3v) is 4.16. The Morgan fingerprint density at radius 1 is 1.20 bits per heavy atom. The van der Waals surface area contributed by atoms with Crippen LogP contribution in [-0.4, -0.2) is 20.9 Å². The van der Waals surface area contributed by atoms with Crippen molar-refractivity contribution in [3.05, 3.63) is 59.8 Å². The number of carboxylic acid groups (broad SMARTS) is 1. The van der Waals surface area contributed by atoms with Crippen molar-refractivity contribution in [1.29, 1.82) is 0 Å². The first-order chi connectivity index (χ1) is 12.1. The second-order valence-corrected chi connectivity index (χ2v) is 6.05. The van der Waals surface area contributed by atoms with E-state index in [4.69, 9.17) is 4.74 Å². The van der Waals surface area contributed by atoms with Crippen LogP contribution in [0, 0.1) is 0 Å². The standard InChI is InChI=1S/C20H21NO4/c1-2-3-6-14-9-16(22)11-17(10-14)25-13-15-12-21(20(23)24)19-8-5-4-7-18(15)19/h4-5,7-12,22H,2-3,6,13H2,1H3,(H,23,24). The Balaban J connectivity index is 1.83. The molecule has 0 atom stereocenters. The zero-order chi connectivity index (χ0) is 17.8. The van der Waals surface area contributed by atoms with Gasteiger partial charge in [0, 0.05) is 23.2 Å². The third-order valence-electron chi connectivity index (χ3n) is 4.16. The summed E-state index contributed by atoms with van der Waals surface area (Å²) in [6, 6.07) is 12.6. The third kappa shape index (κ3) is 3.76. The molecule has 2 aromatic carbocycles. The highest BCUT2D eigenvalue weighted by Crippen LogP contribution is 2.26. The van der Waals surface area contributed by atoms with E-state index in [1.807, 2.05) is 24.3 Å². The lowest BCUT2D eigenvalue weighted by Crippen LogP contribution is -2.05. The first-order valence-corrected chi connectivity index (χ1v) is 8.36. The van der Waals surface area contributed by atoms with E-state index in [1.165, 1.54) is 4.57 Å². The number of aryl methyl sites for hydroxylation is 1. The first-order valence-electron chi connectivity index (χ1n) is 8.36. The van der Waals surface area contributed by atoms with E-state index >= 15 is 0 Å². The Kier molecular flexibility index (Phi) is 4.93. The minimum atomic E-state index is -1.03. The maximum absolute atomic E-state index is 11.4. The molecular formula is C20H21NO4. The monoisotopic (exact) mass is 339 g/mol. The number of hydrogen-bond donors (Lipinski definition) is 2. The molecule has 0 amide bonds. The predicted octanol–water partition coefficient (Wildman–Crippen LogP) is 4.79. The Morgan fingerprint density at radius 2 is 2.00 bits per heavy atom. The van der Waals surface area contributed by atoms with E-state index in [0.717, 1.165) is 35.8 Å². The predicted molar refractivity (Wildman–Crippen MR) is 96.4 cm³/mol. The summed E-state index contributed by atoms with van der Waals surface area (Å²) in [5.74, 6) is 0.759. The lowest BCUT2D eigenvalue weighted by atomic mass is 10.1. The molecule has 0 bridgehead atoms. The Hall–Kier alpha value is -2.95. The van der Waals surface area contributed by atoms with Gasteiger partial charge in [-0.3, -0.25) is 4.57 Å². The highest BCUT2D eigenvalue weighted by molar-refractivity contribution is 5.91. The molecule has 0 unspecified atom stereocenters. The molecule has 0 radical (unpaired) electrons. The van der Waals surface area contributed by atoms with Gasteiger partial charge in [-0.1, -0.05) is 31.5 Å². The van der Waals surface area contributed by atoms with Gasteiger partial charge in [0.1, 0.15) is 18.1 Å². The number of unbranched alkanes of at least 4 members (excludes halogenated alkanes) is 1. The Bertz CT molecular complexity index is 898. The van der Waals surface area contributed by atoms with Crippen LogP contribution in [0.15, 0.2) is 48.7 Å². The van der Waals surface area contributed by atoms with E-state index in [-0.39, 0.29) is 12.4 Å².